The molecule has 3 fully saturated rings. The lowest BCUT2D eigenvalue weighted by molar-refractivity contribution is -0.168. The number of H-pyrrole nitrogens is 1. The number of benzene rings is 1. The number of carbonyl (C=O) groups is 1. The molecule has 2 aromatic rings. The predicted molar refractivity (Wildman–Crippen MR) is 101 cm³/mol. The first-order valence-corrected chi connectivity index (χ1v) is 9.94. The van der Waals surface area contributed by atoms with Gasteiger partial charge in [-0.15, -0.1) is 0 Å². The lowest BCUT2D eigenvalue weighted by atomic mass is 9.82. The maximum atomic E-state index is 12.7. The summed E-state index contributed by atoms with van der Waals surface area (Å²) in [6, 6.07) is 9.98. The smallest absolute Gasteiger partial charge is 0.270 e. The number of hydrogen-bond donors (Lipinski definition) is 1. The molecule has 1 amide bonds. The molecular formula is C21H27N3O2. The molecule has 0 radical (unpaired) electrons. The molecular weight excluding hydrogens is 326 g/mol. The number of hydrogen-bond acceptors (Lipinski definition) is 3. The highest BCUT2D eigenvalue weighted by atomic mass is 16.5. The quantitative estimate of drug-likeness (QED) is 0.923. The van der Waals surface area contributed by atoms with Gasteiger partial charge in [-0.2, -0.15) is 0 Å². The standard InChI is InChI=1S/C21H27N3O2/c25-20(19-11-17-5-1-2-6-18(17)22-19)24-14-21(15-24)8-7-16(13-26-21)12-23-9-3-4-10-23/h1-2,5-6,11,16,22H,3-4,7-10,12-15H2/t16-/m0/s1. The summed E-state index contributed by atoms with van der Waals surface area (Å²) < 4.78 is 6.27. The number of ether oxygens (including phenoxy) is 1. The van der Waals surface area contributed by atoms with Gasteiger partial charge in [-0.25, -0.2) is 0 Å². The topological polar surface area (TPSA) is 48.6 Å². The van der Waals surface area contributed by atoms with Crippen LogP contribution in [-0.2, 0) is 4.74 Å². The lowest BCUT2D eigenvalue weighted by Gasteiger charge is -2.52. The van der Waals surface area contributed by atoms with Crippen molar-refractivity contribution in [2.45, 2.75) is 31.3 Å². The van der Waals surface area contributed by atoms with Crippen LogP contribution in [0.15, 0.2) is 30.3 Å². The monoisotopic (exact) mass is 353 g/mol. The first kappa shape index (κ1) is 16.3. The molecule has 0 saturated carbocycles. The van der Waals surface area contributed by atoms with Crippen LogP contribution < -0.4 is 0 Å². The van der Waals surface area contributed by atoms with Gasteiger partial charge in [0.05, 0.1) is 19.7 Å². The van der Waals surface area contributed by atoms with Crippen molar-refractivity contribution >= 4 is 16.8 Å². The second-order valence-electron chi connectivity index (χ2n) is 8.34. The Hall–Kier alpha value is -1.85. The van der Waals surface area contributed by atoms with Crippen LogP contribution in [0.3, 0.4) is 0 Å². The third kappa shape index (κ3) is 2.93. The molecule has 5 heteroatoms. The van der Waals surface area contributed by atoms with Crippen molar-refractivity contribution in [2.75, 3.05) is 39.3 Å². The highest BCUT2D eigenvalue weighted by molar-refractivity contribution is 5.98. The van der Waals surface area contributed by atoms with Gasteiger partial charge in [0.2, 0.25) is 0 Å². The summed E-state index contributed by atoms with van der Waals surface area (Å²) >= 11 is 0. The number of para-hydroxylation sites is 1. The lowest BCUT2D eigenvalue weighted by Crippen LogP contribution is -2.66. The molecule has 3 aliphatic rings. The second-order valence-corrected chi connectivity index (χ2v) is 8.34. The SMILES string of the molecule is O=C(c1cc2ccccc2[nH]1)N1CC2(CC[C@@H](CN3CCCC3)CO2)C1. The zero-order valence-electron chi connectivity index (χ0n) is 15.2. The third-order valence-electron chi connectivity index (χ3n) is 6.35. The number of rotatable bonds is 3. The van der Waals surface area contributed by atoms with Gasteiger partial charge in [-0.05, 0) is 56.8 Å². The van der Waals surface area contributed by atoms with Crippen LogP contribution in [0.1, 0.15) is 36.2 Å². The Balaban J connectivity index is 1.16. The maximum absolute atomic E-state index is 12.7. The third-order valence-corrected chi connectivity index (χ3v) is 6.35. The maximum Gasteiger partial charge on any atom is 0.270 e. The molecule has 1 atom stereocenters. The van der Waals surface area contributed by atoms with E-state index in [0.29, 0.717) is 11.6 Å². The van der Waals surface area contributed by atoms with Crippen LogP contribution >= 0.6 is 0 Å². The molecule has 3 aliphatic heterocycles. The van der Waals surface area contributed by atoms with E-state index in [1.54, 1.807) is 0 Å². The number of nitrogens with zero attached hydrogens (tertiary/aromatic N) is 2. The Labute approximate surface area is 154 Å². The van der Waals surface area contributed by atoms with Crippen LogP contribution in [0.25, 0.3) is 10.9 Å². The van der Waals surface area contributed by atoms with Crippen LogP contribution in [0, 0.1) is 5.92 Å². The highest BCUT2D eigenvalue weighted by Crippen LogP contribution is 2.37. The molecule has 3 saturated heterocycles. The van der Waals surface area contributed by atoms with Crippen molar-refractivity contribution < 1.29 is 9.53 Å². The fraction of sp³-hybridized carbons (Fsp3) is 0.571. The molecule has 1 N–H and O–H groups in total. The molecule has 0 unspecified atom stereocenters. The van der Waals surface area contributed by atoms with Gasteiger partial charge >= 0.3 is 0 Å². The minimum atomic E-state index is -0.0802. The molecule has 0 bridgehead atoms. The van der Waals surface area contributed by atoms with Crippen LogP contribution in [-0.4, -0.2) is 65.6 Å². The van der Waals surface area contributed by atoms with Gasteiger partial charge in [-0.1, -0.05) is 18.2 Å². The summed E-state index contributed by atoms with van der Waals surface area (Å²) in [5, 5.41) is 1.09. The van der Waals surface area contributed by atoms with E-state index < -0.39 is 0 Å². The van der Waals surface area contributed by atoms with Crippen molar-refractivity contribution in [3.8, 4) is 0 Å². The average molecular weight is 353 g/mol. The average Bonchev–Trinajstić information content (AvgIpc) is 3.29. The van der Waals surface area contributed by atoms with Crippen LogP contribution in [0.2, 0.25) is 0 Å². The largest absolute Gasteiger partial charge is 0.371 e. The second kappa shape index (κ2) is 6.39. The molecule has 1 spiro atoms. The Morgan fingerprint density at radius 3 is 2.77 bits per heavy atom. The molecule has 5 rings (SSSR count). The first-order valence-electron chi connectivity index (χ1n) is 9.94. The van der Waals surface area contributed by atoms with Crippen molar-refractivity contribution in [3.63, 3.8) is 0 Å². The minimum absolute atomic E-state index is 0.0802. The summed E-state index contributed by atoms with van der Waals surface area (Å²) in [6.07, 6.45) is 5.01. The van der Waals surface area contributed by atoms with Gasteiger partial charge in [-0.3, -0.25) is 4.79 Å². The number of likely N-dealkylation sites (tertiary alicyclic amines) is 2. The summed E-state index contributed by atoms with van der Waals surface area (Å²) in [6.45, 7) is 6.02. The summed E-state index contributed by atoms with van der Waals surface area (Å²) in [7, 11) is 0. The Morgan fingerprint density at radius 1 is 1.23 bits per heavy atom. The summed E-state index contributed by atoms with van der Waals surface area (Å²) in [5.41, 5.74) is 1.62. The van der Waals surface area contributed by atoms with E-state index in [1.807, 2.05) is 35.2 Å². The van der Waals surface area contributed by atoms with Gasteiger partial charge in [0.1, 0.15) is 11.3 Å². The van der Waals surface area contributed by atoms with E-state index in [2.05, 4.69) is 9.88 Å². The van der Waals surface area contributed by atoms with Crippen molar-refractivity contribution in [2.24, 2.45) is 5.92 Å². The van der Waals surface area contributed by atoms with Gasteiger partial charge < -0.3 is 19.5 Å². The van der Waals surface area contributed by atoms with Crippen molar-refractivity contribution in [3.05, 3.63) is 36.0 Å². The molecule has 1 aromatic heterocycles. The zero-order valence-corrected chi connectivity index (χ0v) is 15.2. The Kier molecular flexibility index (Phi) is 4.02. The summed E-state index contributed by atoms with van der Waals surface area (Å²) in [4.78, 5) is 20.5. The van der Waals surface area contributed by atoms with Crippen LogP contribution in [0.4, 0.5) is 0 Å². The van der Waals surface area contributed by atoms with E-state index in [9.17, 15) is 4.79 Å². The van der Waals surface area contributed by atoms with Crippen molar-refractivity contribution in [1.29, 1.82) is 0 Å². The van der Waals surface area contributed by atoms with Gasteiger partial charge in [0.25, 0.3) is 5.91 Å². The van der Waals surface area contributed by atoms with Gasteiger partial charge in [0, 0.05) is 17.4 Å². The number of nitrogens with one attached hydrogen (secondary N) is 1. The molecule has 1 aromatic carbocycles. The van der Waals surface area contributed by atoms with E-state index in [1.165, 1.54) is 38.9 Å². The van der Waals surface area contributed by atoms with Crippen LogP contribution in [0.5, 0.6) is 0 Å². The van der Waals surface area contributed by atoms with E-state index in [-0.39, 0.29) is 11.5 Å². The molecule has 0 aliphatic carbocycles. The normalized spacial score (nSPS) is 25.7. The van der Waals surface area contributed by atoms with E-state index in [0.717, 1.165) is 37.0 Å². The fourth-order valence-corrected chi connectivity index (χ4v) is 4.79. The number of aromatic amines is 1. The molecule has 138 valence electrons. The van der Waals surface area contributed by atoms with Gasteiger partial charge in [0.15, 0.2) is 0 Å². The number of amides is 1. The molecule has 4 heterocycles. The highest BCUT2D eigenvalue weighted by Gasteiger charge is 2.48. The predicted octanol–water partition coefficient (Wildman–Crippen LogP) is 2.88. The zero-order chi connectivity index (χ0) is 17.6. The Bertz CT molecular complexity index is 759. The van der Waals surface area contributed by atoms with E-state index in [4.69, 9.17) is 4.74 Å². The number of aromatic nitrogens is 1. The van der Waals surface area contributed by atoms with E-state index >= 15 is 0 Å². The first-order chi connectivity index (χ1) is 12.7. The van der Waals surface area contributed by atoms with Crippen molar-refractivity contribution in [1.82, 2.24) is 14.8 Å². The number of carbonyl (C=O) groups excluding carboxylic acids is 1. The molecule has 26 heavy (non-hydrogen) atoms. The molecule has 5 nitrogen and oxygen atoms in total. The number of fused-ring (bicyclic) bond motifs is 1. The minimum Gasteiger partial charge on any atom is -0.371 e. The Morgan fingerprint density at radius 2 is 2.04 bits per heavy atom. The summed E-state index contributed by atoms with van der Waals surface area (Å²) in [5.74, 6) is 0.756. The fourth-order valence-electron chi connectivity index (χ4n) is 4.79.